The Morgan fingerprint density at radius 2 is 1.59 bits per heavy atom. The van der Waals surface area contributed by atoms with Gasteiger partial charge in [-0.3, -0.25) is 4.79 Å². The van der Waals surface area contributed by atoms with Crippen LogP contribution in [0.15, 0.2) is 66.7 Å². The number of aromatic hydroxyl groups is 1. The van der Waals surface area contributed by atoms with E-state index in [0.717, 1.165) is 42.6 Å². The van der Waals surface area contributed by atoms with Crippen LogP contribution in [-0.2, 0) is 0 Å². The number of carboxylic acid groups (broad SMARTS) is 1. The molecule has 0 bridgehead atoms. The highest BCUT2D eigenvalue weighted by molar-refractivity contribution is 6.09. The molecule has 1 amide bonds. The molecule has 0 aliphatic carbocycles. The third-order valence-corrected chi connectivity index (χ3v) is 6.06. The molecule has 0 aromatic heterocycles. The Balaban J connectivity index is 1.58. The van der Waals surface area contributed by atoms with Crippen LogP contribution in [0.1, 0.15) is 45.0 Å². The highest BCUT2D eigenvalue weighted by Gasteiger charge is 2.21. The van der Waals surface area contributed by atoms with Gasteiger partial charge in [0.1, 0.15) is 5.75 Å². The van der Waals surface area contributed by atoms with Gasteiger partial charge in [0.25, 0.3) is 5.91 Å². The number of nitrogens with one attached hydrogen (secondary N) is 1. The molecular weight excluding hydrogens is 404 g/mol. The second kappa shape index (κ2) is 9.24. The van der Waals surface area contributed by atoms with Crippen molar-refractivity contribution in [3.63, 3.8) is 0 Å². The first-order valence-electron chi connectivity index (χ1n) is 10.7. The maximum atomic E-state index is 12.9. The number of hydrogen-bond acceptors (Lipinski definition) is 4. The number of hydrogen-bond donors (Lipinski definition) is 3. The molecule has 0 spiro atoms. The van der Waals surface area contributed by atoms with Crippen molar-refractivity contribution in [2.24, 2.45) is 0 Å². The second-order valence-corrected chi connectivity index (χ2v) is 8.24. The summed E-state index contributed by atoms with van der Waals surface area (Å²) in [7, 11) is 2.10. The van der Waals surface area contributed by atoms with Crippen LogP contribution in [0.25, 0.3) is 11.1 Å². The third kappa shape index (κ3) is 4.65. The van der Waals surface area contributed by atoms with E-state index < -0.39 is 11.9 Å². The van der Waals surface area contributed by atoms with Gasteiger partial charge in [0.15, 0.2) is 0 Å². The van der Waals surface area contributed by atoms with Gasteiger partial charge in [-0.05, 0) is 79.9 Å². The van der Waals surface area contributed by atoms with E-state index in [0.29, 0.717) is 5.92 Å². The van der Waals surface area contributed by atoms with E-state index in [9.17, 15) is 19.8 Å². The minimum Gasteiger partial charge on any atom is -0.507 e. The Hall–Kier alpha value is -3.64. The van der Waals surface area contributed by atoms with Crippen molar-refractivity contribution in [3.8, 4) is 16.9 Å². The first kappa shape index (κ1) is 21.6. The van der Waals surface area contributed by atoms with E-state index in [1.54, 1.807) is 24.3 Å². The van der Waals surface area contributed by atoms with Gasteiger partial charge in [0, 0.05) is 0 Å². The summed E-state index contributed by atoms with van der Waals surface area (Å²) < 4.78 is 0. The fourth-order valence-corrected chi connectivity index (χ4v) is 4.17. The number of benzene rings is 3. The number of amides is 1. The molecule has 3 aromatic carbocycles. The van der Waals surface area contributed by atoms with E-state index in [4.69, 9.17) is 0 Å². The summed E-state index contributed by atoms with van der Waals surface area (Å²) in [6.07, 6.45) is 2.02. The molecule has 1 aliphatic rings. The Morgan fingerprint density at radius 3 is 2.25 bits per heavy atom. The summed E-state index contributed by atoms with van der Waals surface area (Å²) in [6, 6.07) is 19.5. The molecule has 32 heavy (non-hydrogen) atoms. The van der Waals surface area contributed by atoms with Gasteiger partial charge in [-0.1, -0.05) is 42.5 Å². The van der Waals surface area contributed by atoms with Crippen LogP contribution < -0.4 is 5.32 Å². The van der Waals surface area contributed by atoms with Gasteiger partial charge < -0.3 is 20.4 Å². The van der Waals surface area contributed by atoms with Crippen LogP contribution in [0, 0.1) is 0 Å². The van der Waals surface area contributed by atoms with E-state index in [2.05, 4.69) is 17.3 Å². The standard InChI is InChI=1S/C26H26N2O4/c1-28-13-11-18(12-14-28)20-8-10-22(24(29)16-20)25(30)27-23-15-19(7-9-21(23)26(31)32)17-5-3-2-4-6-17/h2-10,15-16,18,29H,11-14H2,1H3,(H,27,30)(H,31,32). The number of rotatable bonds is 5. The lowest BCUT2D eigenvalue weighted by atomic mass is 9.89. The average molecular weight is 431 g/mol. The predicted molar refractivity (Wildman–Crippen MR) is 124 cm³/mol. The molecule has 0 unspecified atom stereocenters. The van der Waals surface area contributed by atoms with Gasteiger partial charge in [-0.2, -0.15) is 0 Å². The van der Waals surface area contributed by atoms with Gasteiger partial charge in [-0.15, -0.1) is 0 Å². The number of carboxylic acids is 1. The number of phenols is 1. The van der Waals surface area contributed by atoms with Crippen LogP contribution in [0.4, 0.5) is 5.69 Å². The molecule has 164 valence electrons. The van der Waals surface area contributed by atoms with Crippen molar-refractivity contribution in [3.05, 3.63) is 83.4 Å². The molecule has 0 radical (unpaired) electrons. The van der Waals surface area contributed by atoms with Crippen LogP contribution in [0.5, 0.6) is 5.75 Å². The second-order valence-electron chi connectivity index (χ2n) is 8.24. The van der Waals surface area contributed by atoms with E-state index >= 15 is 0 Å². The summed E-state index contributed by atoms with van der Waals surface area (Å²) >= 11 is 0. The molecule has 3 N–H and O–H groups in total. The zero-order valence-electron chi connectivity index (χ0n) is 17.9. The molecule has 1 aliphatic heterocycles. The molecule has 6 heteroatoms. The van der Waals surface area contributed by atoms with Gasteiger partial charge in [0.2, 0.25) is 0 Å². The normalized spacial score (nSPS) is 14.8. The molecule has 0 atom stereocenters. The zero-order valence-corrected chi connectivity index (χ0v) is 17.9. The van der Waals surface area contributed by atoms with E-state index in [1.165, 1.54) is 6.07 Å². The first-order chi connectivity index (χ1) is 15.4. The molecule has 1 heterocycles. The van der Waals surface area contributed by atoms with Crippen LogP contribution in [0.2, 0.25) is 0 Å². The Morgan fingerprint density at radius 1 is 0.906 bits per heavy atom. The summed E-state index contributed by atoms with van der Waals surface area (Å²) in [5.74, 6) is -1.43. The smallest absolute Gasteiger partial charge is 0.337 e. The molecular formula is C26H26N2O4. The lowest BCUT2D eigenvalue weighted by Crippen LogP contribution is -2.29. The third-order valence-electron chi connectivity index (χ3n) is 6.06. The van der Waals surface area contributed by atoms with Gasteiger partial charge >= 0.3 is 5.97 Å². The topological polar surface area (TPSA) is 89.9 Å². The summed E-state index contributed by atoms with van der Waals surface area (Å²) in [6.45, 7) is 2.01. The summed E-state index contributed by atoms with van der Waals surface area (Å²) in [4.78, 5) is 26.9. The van der Waals surface area contributed by atoms with Crippen molar-refractivity contribution < 1.29 is 19.8 Å². The molecule has 4 rings (SSSR count). The fourth-order valence-electron chi connectivity index (χ4n) is 4.17. The van der Waals surface area contributed by atoms with Crippen LogP contribution in [-0.4, -0.2) is 47.1 Å². The molecule has 1 fully saturated rings. The highest BCUT2D eigenvalue weighted by atomic mass is 16.4. The van der Waals surface area contributed by atoms with Crippen molar-refractivity contribution in [2.75, 3.05) is 25.5 Å². The largest absolute Gasteiger partial charge is 0.507 e. The number of piperidine rings is 1. The van der Waals surface area contributed by atoms with Crippen molar-refractivity contribution in [1.29, 1.82) is 0 Å². The van der Waals surface area contributed by atoms with Crippen molar-refractivity contribution in [1.82, 2.24) is 4.90 Å². The quantitative estimate of drug-likeness (QED) is 0.540. The Kier molecular flexibility index (Phi) is 6.23. The van der Waals surface area contributed by atoms with Crippen LogP contribution >= 0.6 is 0 Å². The van der Waals surface area contributed by atoms with Crippen molar-refractivity contribution >= 4 is 17.6 Å². The van der Waals surface area contributed by atoms with Crippen LogP contribution in [0.3, 0.4) is 0 Å². The zero-order chi connectivity index (χ0) is 22.7. The lowest BCUT2D eigenvalue weighted by Gasteiger charge is -2.29. The lowest BCUT2D eigenvalue weighted by molar-refractivity contribution is 0.0698. The van der Waals surface area contributed by atoms with E-state index in [1.807, 2.05) is 36.4 Å². The number of carbonyl (C=O) groups excluding carboxylic acids is 1. The Bertz CT molecular complexity index is 1140. The first-order valence-corrected chi connectivity index (χ1v) is 10.7. The highest BCUT2D eigenvalue weighted by Crippen LogP contribution is 2.32. The maximum Gasteiger partial charge on any atom is 0.337 e. The van der Waals surface area contributed by atoms with Gasteiger partial charge in [0.05, 0.1) is 16.8 Å². The number of aromatic carboxylic acids is 1. The Labute approximate surface area is 187 Å². The number of carbonyl (C=O) groups is 2. The number of anilines is 1. The minimum absolute atomic E-state index is 0.0135. The monoisotopic (exact) mass is 430 g/mol. The number of nitrogens with zero attached hydrogens (tertiary/aromatic N) is 1. The van der Waals surface area contributed by atoms with Crippen molar-refractivity contribution in [2.45, 2.75) is 18.8 Å². The predicted octanol–water partition coefficient (Wildman–Crippen LogP) is 4.82. The SMILES string of the molecule is CN1CCC(c2ccc(C(=O)Nc3cc(-c4ccccc4)ccc3C(=O)O)c(O)c2)CC1. The molecule has 3 aromatic rings. The number of likely N-dealkylation sites (tertiary alicyclic amines) is 1. The summed E-state index contributed by atoms with van der Waals surface area (Å²) in [5.41, 5.74) is 2.99. The average Bonchev–Trinajstić information content (AvgIpc) is 2.79. The minimum atomic E-state index is -1.14. The molecule has 1 saturated heterocycles. The molecule has 0 saturated carbocycles. The number of phenolic OH excluding ortho intramolecular Hbond substituents is 1. The fraction of sp³-hybridized carbons (Fsp3) is 0.231. The van der Waals surface area contributed by atoms with Gasteiger partial charge in [-0.25, -0.2) is 4.79 Å². The summed E-state index contributed by atoms with van der Waals surface area (Å²) in [5, 5.41) is 22.8. The van der Waals surface area contributed by atoms with E-state index in [-0.39, 0.29) is 22.6 Å². The maximum absolute atomic E-state index is 12.9. The molecule has 6 nitrogen and oxygen atoms in total.